The molecule has 9 heteroatoms. The van der Waals surface area contributed by atoms with E-state index < -0.39 is 5.82 Å². The molecule has 2 aliphatic rings. The van der Waals surface area contributed by atoms with E-state index in [9.17, 15) is 9.18 Å². The number of hydrogen-bond donors (Lipinski definition) is 3. The number of ketones is 1. The van der Waals surface area contributed by atoms with Crippen LogP contribution in [-0.2, 0) is 4.79 Å². The molecule has 1 unspecified atom stereocenters. The molecule has 32 heavy (non-hydrogen) atoms. The molecule has 2 aromatic rings. The number of rotatable bonds is 9. The molecule has 0 radical (unpaired) electrons. The number of hydrogen-bond acceptors (Lipinski definition) is 8. The predicted octanol–water partition coefficient (Wildman–Crippen LogP) is 4.54. The molecule has 1 atom stereocenters. The Balaban J connectivity index is 1.48. The lowest BCUT2D eigenvalue weighted by Gasteiger charge is -2.22. The van der Waals surface area contributed by atoms with Crippen LogP contribution in [0, 0.1) is 17.7 Å². The van der Waals surface area contributed by atoms with Crippen molar-refractivity contribution in [2.45, 2.75) is 51.4 Å². The summed E-state index contributed by atoms with van der Waals surface area (Å²) < 4.78 is 19.1. The van der Waals surface area contributed by atoms with Gasteiger partial charge >= 0.3 is 0 Å². The number of nitrogens with one attached hydrogen (secondary N) is 3. The lowest BCUT2D eigenvalue weighted by Crippen LogP contribution is -2.21. The van der Waals surface area contributed by atoms with Crippen LogP contribution in [0.5, 0.6) is 5.75 Å². The molecule has 4 rings (SSSR count). The zero-order valence-electron chi connectivity index (χ0n) is 18.5. The Morgan fingerprint density at radius 1 is 0.969 bits per heavy atom. The van der Waals surface area contributed by atoms with Crippen LogP contribution in [0.3, 0.4) is 0 Å². The van der Waals surface area contributed by atoms with Crippen molar-refractivity contribution in [1.82, 2.24) is 15.0 Å². The van der Waals surface area contributed by atoms with Crippen LogP contribution in [-0.4, -0.2) is 40.9 Å². The van der Waals surface area contributed by atoms with Gasteiger partial charge < -0.3 is 20.7 Å². The standard InChI is InChI=1S/C23H31FN6O2/c1-32-20-11-10-17(12-18(20)24)27-23-29-21(25-13-15-6-3-2-4-7-15)28-22(30-23)26-14-16-8-5-9-19(16)31/h10-12,15-16H,2-9,13-14H2,1H3,(H3,25,26,27,28,29,30). The summed E-state index contributed by atoms with van der Waals surface area (Å²) in [5.74, 6) is 1.75. The van der Waals surface area contributed by atoms with Crippen molar-refractivity contribution in [3.63, 3.8) is 0 Å². The second-order valence-corrected chi connectivity index (χ2v) is 8.60. The summed E-state index contributed by atoms with van der Waals surface area (Å²) >= 11 is 0. The highest BCUT2D eigenvalue weighted by Gasteiger charge is 2.24. The van der Waals surface area contributed by atoms with Crippen molar-refractivity contribution in [2.75, 3.05) is 36.1 Å². The number of carbonyl (C=O) groups is 1. The number of halogens is 1. The van der Waals surface area contributed by atoms with Gasteiger partial charge in [-0.1, -0.05) is 19.3 Å². The normalized spacial score (nSPS) is 19.1. The monoisotopic (exact) mass is 442 g/mol. The van der Waals surface area contributed by atoms with E-state index in [0.29, 0.717) is 42.4 Å². The zero-order chi connectivity index (χ0) is 22.3. The molecule has 1 aromatic carbocycles. The van der Waals surface area contributed by atoms with Crippen molar-refractivity contribution in [1.29, 1.82) is 0 Å². The fraction of sp³-hybridized carbons (Fsp3) is 0.565. The SMILES string of the molecule is COc1ccc(Nc2nc(NCC3CCCCC3)nc(NCC3CCCC3=O)n2)cc1F. The Kier molecular flexibility index (Phi) is 7.34. The molecule has 3 N–H and O–H groups in total. The van der Waals surface area contributed by atoms with Gasteiger partial charge in [-0.25, -0.2) is 4.39 Å². The van der Waals surface area contributed by atoms with E-state index in [0.717, 1.165) is 19.4 Å². The molecular formula is C23H31FN6O2. The Labute approximate surface area is 187 Å². The molecule has 2 aliphatic carbocycles. The van der Waals surface area contributed by atoms with Crippen molar-refractivity contribution < 1.29 is 13.9 Å². The summed E-state index contributed by atoms with van der Waals surface area (Å²) in [5.41, 5.74) is 0.504. The molecular weight excluding hydrogens is 411 g/mol. The van der Waals surface area contributed by atoms with Gasteiger partial charge in [0.25, 0.3) is 0 Å². The van der Waals surface area contributed by atoms with Gasteiger partial charge in [-0.15, -0.1) is 0 Å². The van der Waals surface area contributed by atoms with Crippen LogP contribution < -0.4 is 20.7 Å². The summed E-state index contributed by atoms with van der Waals surface area (Å²) in [6.07, 6.45) is 8.73. The van der Waals surface area contributed by atoms with E-state index in [4.69, 9.17) is 4.74 Å². The average molecular weight is 443 g/mol. The van der Waals surface area contributed by atoms with Crippen LogP contribution in [0.2, 0.25) is 0 Å². The maximum atomic E-state index is 14.1. The van der Waals surface area contributed by atoms with E-state index in [-0.39, 0.29) is 17.5 Å². The van der Waals surface area contributed by atoms with Gasteiger partial charge in [-0.2, -0.15) is 15.0 Å². The third-order valence-corrected chi connectivity index (χ3v) is 6.25. The summed E-state index contributed by atoms with van der Waals surface area (Å²) in [5, 5.41) is 9.58. The Hall–Kier alpha value is -2.97. The van der Waals surface area contributed by atoms with Crippen LogP contribution in [0.4, 0.5) is 27.9 Å². The van der Waals surface area contributed by atoms with Gasteiger partial charge in [-0.05, 0) is 43.7 Å². The highest BCUT2D eigenvalue weighted by molar-refractivity contribution is 5.83. The minimum absolute atomic E-state index is 0.00231. The average Bonchev–Trinajstić information content (AvgIpc) is 3.22. The first-order chi connectivity index (χ1) is 15.6. The second kappa shape index (κ2) is 10.6. The molecule has 0 amide bonds. The number of anilines is 4. The van der Waals surface area contributed by atoms with E-state index in [1.807, 2.05) is 0 Å². The van der Waals surface area contributed by atoms with Crippen LogP contribution in [0.15, 0.2) is 18.2 Å². The minimum Gasteiger partial charge on any atom is -0.494 e. The Morgan fingerprint density at radius 3 is 2.34 bits per heavy atom. The third-order valence-electron chi connectivity index (χ3n) is 6.25. The largest absolute Gasteiger partial charge is 0.494 e. The lowest BCUT2D eigenvalue weighted by molar-refractivity contribution is -0.120. The van der Waals surface area contributed by atoms with Crippen molar-refractivity contribution >= 4 is 29.3 Å². The van der Waals surface area contributed by atoms with E-state index in [1.165, 1.54) is 45.3 Å². The molecule has 0 aliphatic heterocycles. The van der Waals surface area contributed by atoms with Crippen molar-refractivity contribution in [2.24, 2.45) is 11.8 Å². The molecule has 0 spiro atoms. The van der Waals surface area contributed by atoms with Gasteiger partial charge in [0.1, 0.15) is 5.78 Å². The van der Waals surface area contributed by atoms with Crippen LogP contribution in [0.1, 0.15) is 51.4 Å². The smallest absolute Gasteiger partial charge is 0.233 e. The molecule has 172 valence electrons. The Bertz CT molecular complexity index is 935. The molecule has 1 heterocycles. The first-order valence-electron chi connectivity index (χ1n) is 11.5. The van der Waals surface area contributed by atoms with E-state index in [2.05, 4.69) is 30.9 Å². The maximum absolute atomic E-state index is 14.1. The number of aromatic nitrogens is 3. The topological polar surface area (TPSA) is 101 Å². The minimum atomic E-state index is -0.472. The Morgan fingerprint density at radius 2 is 1.69 bits per heavy atom. The summed E-state index contributed by atoms with van der Waals surface area (Å²) in [4.78, 5) is 25.4. The fourth-order valence-electron chi connectivity index (χ4n) is 4.41. The highest BCUT2D eigenvalue weighted by Crippen LogP contribution is 2.26. The summed E-state index contributed by atoms with van der Waals surface area (Å²) in [7, 11) is 1.43. The first kappa shape index (κ1) is 22.2. The summed E-state index contributed by atoms with van der Waals surface area (Å²) in [6, 6.07) is 4.58. The first-order valence-corrected chi connectivity index (χ1v) is 11.5. The molecule has 0 bridgehead atoms. The number of benzene rings is 1. The number of methoxy groups -OCH3 is 1. The molecule has 8 nitrogen and oxygen atoms in total. The van der Waals surface area contributed by atoms with E-state index >= 15 is 0 Å². The lowest BCUT2D eigenvalue weighted by atomic mass is 9.89. The van der Waals surface area contributed by atoms with Crippen LogP contribution >= 0.6 is 0 Å². The maximum Gasteiger partial charge on any atom is 0.233 e. The van der Waals surface area contributed by atoms with E-state index in [1.54, 1.807) is 12.1 Å². The second-order valence-electron chi connectivity index (χ2n) is 8.60. The van der Waals surface area contributed by atoms with Crippen molar-refractivity contribution in [3.8, 4) is 5.75 Å². The van der Waals surface area contributed by atoms with Crippen LogP contribution in [0.25, 0.3) is 0 Å². The molecule has 1 aromatic heterocycles. The van der Waals surface area contributed by atoms with Gasteiger partial charge in [-0.3, -0.25) is 4.79 Å². The van der Waals surface area contributed by atoms with Crippen molar-refractivity contribution in [3.05, 3.63) is 24.0 Å². The number of nitrogens with zero attached hydrogens (tertiary/aromatic N) is 3. The van der Waals surface area contributed by atoms with Gasteiger partial charge in [0.05, 0.1) is 7.11 Å². The number of carbonyl (C=O) groups excluding carboxylic acids is 1. The molecule has 2 saturated carbocycles. The quantitative estimate of drug-likeness (QED) is 0.520. The molecule has 2 fully saturated rings. The predicted molar refractivity (Wildman–Crippen MR) is 122 cm³/mol. The summed E-state index contributed by atoms with van der Waals surface area (Å²) in [6.45, 7) is 1.31. The third kappa shape index (κ3) is 5.83. The number of Topliss-reactive ketones (excluding diaryl/α,β-unsaturated/α-hetero) is 1. The van der Waals surface area contributed by atoms with Gasteiger partial charge in [0.15, 0.2) is 11.6 Å². The fourth-order valence-corrected chi connectivity index (χ4v) is 4.41. The molecule has 0 saturated heterocycles. The highest BCUT2D eigenvalue weighted by atomic mass is 19.1. The number of ether oxygens (including phenoxy) is 1. The van der Waals surface area contributed by atoms with Gasteiger partial charge in [0.2, 0.25) is 17.8 Å². The zero-order valence-corrected chi connectivity index (χ0v) is 18.5. The van der Waals surface area contributed by atoms with Gasteiger partial charge in [0, 0.05) is 37.2 Å².